The van der Waals surface area contributed by atoms with Crippen LogP contribution in [0.3, 0.4) is 0 Å². The Kier molecular flexibility index (Phi) is 3.67. The van der Waals surface area contributed by atoms with Crippen molar-refractivity contribution in [1.29, 1.82) is 0 Å². The van der Waals surface area contributed by atoms with E-state index >= 15 is 0 Å². The topological polar surface area (TPSA) is 76.9 Å². The van der Waals surface area contributed by atoms with Crippen LogP contribution in [0.4, 0.5) is 5.69 Å². The molecule has 0 amide bonds. The molecule has 0 aliphatic heterocycles. The highest BCUT2D eigenvalue weighted by atomic mass is 32.2. The molecule has 1 heterocycles. The molecule has 1 aromatic heterocycles. The zero-order chi connectivity index (χ0) is 14.9. The molecule has 1 fully saturated rings. The summed E-state index contributed by atoms with van der Waals surface area (Å²) >= 11 is 0. The maximum Gasteiger partial charge on any atom is 0.152 e. The summed E-state index contributed by atoms with van der Waals surface area (Å²) in [5.41, 5.74) is 1.75. The number of para-hydroxylation sites is 2. The first-order chi connectivity index (χ1) is 10.1. The second kappa shape index (κ2) is 5.48. The van der Waals surface area contributed by atoms with Gasteiger partial charge in [0.05, 0.1) is 16.6 Å². The lowest BCUT2D eigenvalue weighted by Gasteiger charge is -2.22. The van der Waals surface area contributed by atoms with Gasteiger partial charge >= 0.3 is 0 Å². The van der Waals surface area contributed by atoms with Crippen LogP contribution in [0.15, 0.2) is 36.9 Å². The molecule has 6 nitrogen and oxygen atoms in total. The molecule has 2 atom stereocenters. The molecule has 2 aromatic rings. The molecule has 0 spiro atoms. The third-order valence-electron chi connectivity index (χ3n) is 3.91. The summed E-state index contributed by atoms with van der Waals surface area (Å²) < 4.78 is 25.4. The first-order valence-corrected chi connectivity index (χ1v) is 8.90. The van der Waals surface area contributed by atoms with E-state index in [-0.39, 0.29) is 11.3 Å². The molecule has 21 heavy (non-hydrogen) atoms. The van der Waals surface area contributed by atoms with Gasteiger partial charge in [-0.1, -0.05) is 12.1 Å². The van der Waals surface area contributed by atoms with E-state index in [2.05, 4.69) is 15.4 Å². The number of benzene rings is 1. The van der Waals surface area contributed by atoms with E-state index in [1.54, 1.807) is 11.0 Å². The minimum absolute atomic E-state index is 0.0512. The number of nitrogens with one attached hydrogen (secondary N) is 1. The van der Waals surface area contributed by atoms with Gasteiger partial charge in [0, 0.05) is 12.3 Å². The van der Waals surface area contributed by atoms with Gasteiger partial charge in [-0.3, -0.25) is 0 Å². The Hall–Kier alpha value is -1.89. The van der Waals surface area contributed by atoms with E-state index in [0.717, 1.165) is 30.6 Å². The molecule has 0 bridgehead atoms. The Bertz CT molecular complexity index is 712. The van der Waals surface area contributed by atoms with E-state index in [1.165, 1.54) is 12.6 Å². The van der Waals surface area contributed by atoms with Crippen LogP contribution in [-0.2, 0) is 9.84 Å². The minimum Gasteiger partial charge on any atom is -0.379 e. The van der Waals surface area contributed by atoms with Crippen molar-refractivity contribution in [2.45, 2.75) is 30.6 Å². The molecule has 7 heteroatoms. The van der Waals surface area contributed by atoms with Crippen LogP contribution in [0.1, 0.15) is 19.3 Å². The maximum atomic E-state index is 11.9. The molecular weight excluding hydrogens is 288 g/mol. The second-order valence-corrected chi connectivity index (χ2v) is 7.67. The summed E-state index contributed by atoms with van der Waals surface area (Å²) in [7, 11) is -3.04. The van der Waals surface area contributed by atoms with Crippen molar-refractivity contribution in [3.05, 3.63) is 36.9 Å². The van der Waals surface area contributed by atoms with Crippen LogP contribution in [-0.4, -0.2) is 40.7 Å². The van der Waals surface area contributed by atoms with Crippen molar-refractivity contribution >= 4 is 15.5 Å². The highest BCUT2D eigenvalue weighted by Crippen LogP contribution is 2.29. The largest absolute Gasteiger partial charge is 0.379 e. The number of rotatable bonds is 4. The molecule has 1 aliphatic rings. The quantitative estimate of drug-likeness (QED) is 0.929. The fourth-order valence-electron chi connectivity index (χ4n) is 2.93. The number of aromatic nitrogens is 3. The van der Waals surface area contributed by atoms with Gasteiger partial charge in [-0.15, -0.1) is 0 Å². The van der Waals surface area contributed by atoms with Crippen molar-refractivity contribution in [2.24, 2.45) is 0 Å². The molecular formula is C14H18N4O2S. The number of hydrogen-bond acceptors (Lipinski definition) is 5. The first-order valence-electron chi connectivity index (χ1n) is 6.95. The molecule has 1 aliphatic carbocycles. The standard InChI is InChI=1S/C14H18N4O2S/c1-21(19,20)14-8-4-6-12(14)17-11-5-2-3-7-13(11)18-10-15-9-16-18/h2-3,5,7,9-10,12,14,17H,4,6,8H2,1H3. The fourth-order valence-corrected chi connectivity index (χ4v) is 4.33. The average molecular weight is 306 g/mol. The predicted molar refractivity (Wildman–Crippen MR) is 81.3 cm³/mol. The summed E-state index contributed by atoms with van der Waals surface area (Å²) in [5, 5.41) is 7.21. The van der Waals surface area contributed by atoms with Crippen molar-refractivity contribution in [1.82, 2.24) is 14.8 Å². The average Bonchev–Trinajstić information content (AvgIpc) is 3.09. The molecule has 1 saturated carbocycles. The fraction of sp³-hybridized carbons (Fsp3) is 0.429. The SMILES string of the molecule is CS(=O)(=O)C1CCCC1Nc1ccccc1-n1cncn1. The summed E-state index contributed by atoms with van der Waals surface area (Å²) in [6.07, 6.45) is 6.95. The van der Waals surface area contributed by atoms with Gasteiger partial charge in [0.2, 0.25) is 0 Å². The van der Waals surface area contributed by atoms with Crippen LogP contribution in [0.2, 0.25) is 0 Å². The highest BCUT2D eigenvalue weighted by molar-refractivity contribution is 7.91. The zero-order valence-corrected chi connectivity index (χ0v) is 12.6. The normalized spacial score (nSPS) is 22.3. The van der Waals surface area contributed by atoms with Gasteiger partial charge < -0.3 is 5.32 Å². The van der Waals surface area contributed by atoms with E-state index in [0.29, 0.717) is 0 Å². The van der Waals surface area contributed by atoms with Crippen LogP contribution < -0.4 is 5.32 Å². The smallest absolute Gasteiger partial charge is 0.152 e. The number of sulfone groups is 1. The van der Waals surface area contributed by atoms with E-state index < -0.39 is 9.84 Å². The monoisotopic (exact) mass is 306 g/mol. The molecule has 0 saturated heterocycles. The third kappa shape index (κ3) is 2.92. The first kappa shape index (κ1) is 14.1. The lowest BCUT2D eigenvalue weighted by atomic mass is 10.2. The Morgan fingerprint density at radius 2 is 2.10 bits per heavy atom. The van der Waals surface area contributed by atoms with Gasteiger partial charge in [-0.05, 0) is 31.4 Å². The lowest BCUT2D eigenvalue weighted by molar-refractivity contribution is 0.579. The van der Waals surface area contributed by atoms with Crippen LogP contribution >= 0.6 is 0 Å². The van der Waals surface area contributed by atoms with Crippen molar-refractivity contribution in [3.8, 4) is 5.69 Å². The van der Waals surface area contributed by atoms with E-state index in [9.17, 15) is 8.42 Å². The molecule has 1 N–H and O–H groups in total. The van der Waals surface area contributed by atoms with Gasteiger partial charge in [-0.25, -0.2) is 18.1 Å². The Labute approximate surface area is 124 Å². The molecule has 1 aromatic carbocycles. The van der Waals surface area contributed by atoms with Gasteiger partial charge in [0.25, 0.3) is 0 Å². The zero-order valence-electron chi connectivity index (χ0n) is 11.8. The molecule has 3 rings (SSSR count). The Morgan fingerprint density at radius 3 is 2.81 bits per heavy atom. The molecule has 2 unspecified atom stereocenters. The van der Waals surface area contributed by atoms with Gasteiger partial charge in [0.1, 0.15) is 12.7 Å². The maximum absolute atomic E-state index is 11.9. The van der Waals surface area contributed by atoms with Gasteiger partial charge in [0.15, 0.2) is 9.84 Å². The molecule has 0 radical (unpaired) electrons. The predicted octanol–water partition coefficient (Wildman–Crippen LogP) is 1.64. The van der Waals surface area contributed by atoms with Crippen molar-refractivity contribution in [2.75, 3.05) is 11.6 Å². The van der Waals surface area contributed by atoms with Crippen LogP contribution in [0.25, 0.3) is 5.69 Å². The van der Waals surface area contributed by atoms with E-state index in [4.69, 9.17) is 0 Å². The van der Waals surface area contributed by atoms with Crippen LogP contribution in [0.5, 0.6) is 0 Å². The summed E-state index contributed by atoms with van der Waals surface area (Å²) in [6, 6.07) is 7.67. The third-order valence-corrected chi connectivity index (χ3v) is 5.58. The molecule has 112 valence electrons. The number of anilines is 1. The van der Waals surface area contributed by atoms with Crippen molar-refractivity contribution < 1.29 is 8.42 Å². The van der Waals surface area contributed by atoms with E-state index in [1.807, 2.05) is 24.3 Å². The summed E-state index contributed by atoms with van der Waals surface area (Å²) in [6.45, 7) is 0. The van der Waals surface area contributed by atoms with Crippen molar-refractivity contribution in [3.63, 3.8) is 0 Å². The number of nitrogens with zero attached hydrogens (tertiary/aromatic N) is 3. The Morgan fingerprint density at radius 1 is 1.29 bits per heavy atom. The summed E-state index contributed by atoms with van der Waals surface area (Å²) in [5.74, 6) is 0. The minimum atomic E-state index is -3.04. The second-order valence-electron chi connectivity index (χ2n) is 5.41. The Balaban J connectivity index is 1.89. The lowest BCUT2D eigenvalue weighted by Crippen LogP contribution is -2.34. The highest BCUT2D eigenvalue weighted by Gasteiger charge is 2.35. The number of hydrogen-bond donors (Lipinski definition) is 1. The van der Waals surface area contributed by atoms with Crippen LogP contribution in [0, 0.1) is 0 Å². The summed E-state index contributed by atoms with van der Waals surface area (Å²) in [4.78, 5) is 3.95. The van der Waals surface area contributed by atoms with Gasteiger partial charge in [-0.2, -0.15) is 5.10 Å².